The SMILES string of the molecule is CC(C)OC(=O)CCNc1n[n+]([O-])c2cc(-c3cnn(C)c3)ccc2[n+]1[O-]. The molecule has 10 heteroatoms. The van der Waals surface area contributed by atoms with E-state index >= 15 is 0 Å². The van der Waals surface area contributed by atoms with Crippen LogP contribution in [0.5, 0.6) is 0 Å². The second-order valence-electron chi connectivity index (χ2n) is 6.31. The van der Waals surface area contributed by atoms with E-state index in [1.807, 2.05) is 0 Å². The highest BCUT2D eigenvalue weighted by atomic mass is 16.5. The largest absolute Gasteiger partial charge is 0.739 e. The van der Waals surface area contributed by atoms with Gasteiger partial charge in [0.2, 0.25) is 5.10 Å². The van der Waals surface area contributed by atoms with Crippen LogP contribution in [0.3, 0.4) is 0 Å². The van der Waals surface area contributed by atoms with Gasteiger partial charge in [0.25, 0.3) is 5.52 Å². The van der Waals surface area contributed by atoms with E-state index in [1.54, 1.807) is 56.2 Å². The Labute approximate surface area is 155 Å². The van der Waals surface area contributed by atoms with E-state index in [-0.39, 0.29) is 36.1 Å². The van der Waals surface area contributed by atoms with Crippen molar-refractivity contribution in [3.63, 3.8) is 0 Å². The first-order valence-electron chi connectivity index (χ1n) is 8.44. The van der Waals surface area contributed by atoms with Gasteiger partial charge in [0.1, 0.15) is 0 Å². The minimum atomic E-state index is -0.396. The number of carbonyl (C=O) groups excluding carboxylic acids is 1. The number of aromatic nitrogens is 5. The molecule has 3 aromatic rings. The van der Waals surface area contributed by atoms with Crippen LogP contribution in [-0.2, 0) is 16.6 Å². The van der Waals surface area contributed by atoms with Crippen LogP contribution in [0.15, 0.2) is 30.6 Å². The maximum atomic E-state index is 12.5. The van der Waals surface area contributed by atoms with Crippen molar-refractivity contribution in [2.75, 3.05) is 11.9 Å². The molecule has 0 unspecified atom stereocenters. The van der Waals surface area contributed by atoms with Crippen LogP contribution in [0.1, 0.15) is 20.3 Å². The Hall–Kier alpha value is -3.43. The smallest absolute Gasteiger partial charge is 0.460 e. The monoisotopic (exact) mass is 372 g/mol. The van der Waals surface area contributed by atoms with Gasteiger partial charge in [0.15, 0.2) is 5.52 Å². The zero-order chi connectivity index (χ0) is 19.6. The van der Waals surface area contributed by atoms with E-state index in [0.717, 1.165) is 11.1 Å². The predicted octanol–water partition coefficient (Wildman–Crippen LogP) is 0.656. The highest BCUT2D eigenvalue weighted by Gasteiger charge is 2.21. The molecule has 1 N–H and O–H groups in total. The Kier molecular flexibility index (Phi) is 5.06. The number of rotatable bonds is 6. The summed E-state index contributed by atoms with van der Waals surface area (Å²) in [7, 11) is 1.79. The lowest BCUT2D eigenvalue weighted by molar-refractivity contribution is -0.672. The Morgan fingerprint density at radius 1 is 1.30 bits per heavy atom. The topological polar surface area (TPSA) is 123 Å². The van der Waals surface area contributed by atoms with Gasteiger partial charge in [-0.15, -0.1) is 0 Å². The number of carbonyl (C=O) groups is 1. The fraction of sp³-hybridized carbons (Fsp3) is 0.353. The third kappa shape index (κ3) is 4.05. The molecule has 3 rings (SSSR count). The number of fused-ring (bicyclic) bond motifs is 1. The highest BCUT2D eigenvalue weighted by Crippen LogP contribution is 2.21. The number of ether oxygens (including phenoxy) is 1. The molecule has 142 valence electrons. The number of nitrogens with one attached hydrogen (secondary N) is 1. The second-order valence-corrected chi connectivity index (χ2v) is 6.31. The Balaban J connectivity index is 1.82. The summed E-state index contributed by atoms with van der Waals surface area (Å²) in [5.74, 6) is -0.573. The van der Waals surface area contributed by atoms with Crippen LogP contribution < -0.4 is 14.9 Å². The molecule has 2 aromatic heterocycles. The average Bonchev–Trinajstić information content (AvgIpc) is 3.04. The van der Waals surface area contributed by atoms with E-state index in [0.29, 0.717) is 9.58 Å². The molecular weight excluding hydrogens is 352 g/mol. The van der Waals surface area contributed by atoms with Crippen LogP contribution in [-0.4, -0.2) is 33.5 Å². The zero-order valence-corrected chi connectivity index (χ0v) is 15.2. The van der Waals surface area contributed by atoms with Gasteiger partial charge in [0.05, 0.1) is 25.3 Å². The molecule has 0 aliphatic rings. The molecule has 0 radical (unpaired) electrons. The van der Waals surface area contributed by atoms with Crippen molar-refractivity contribution < 1.29 is 19.1 Å². The van der Waals surface area contributed by atoms with Crippen LogP contribution in [0, 0.1) is 10.4 Å². The molecule has 0 aliphatic carbocycles. The summed E-state index contributed by atoms with van der Waals surface area (Å²) in [6.45, 7) is 3.63. The Morgan fingerprint density at radius 3 is 2.74 bits per heavy atom. The van der Waals surface area contributed by atoms with Crippen LogP contribution in [0.4, 0.5) is 5.95 Å². The molecule has 0 fully saturated rings. The molecule has 10 nitrogen and oxygen atoms in total. The summed E-state index contributed by atoms with van der Waals surface area (Å²) < 4.78 is 7.19. The van der Waals surface area contributed by atoms with Crippen molar-refractivity contribution in [3.8, 4) is 11.1 Å². The number of anilines is 1. The minimum absolute atomic E-state index is 0.0523. The Bertz CT molecular complexity index is 985. The van der Waals surface area contributed by atoms with Crippen molar-refractivity contribution in [2.24, 2.45) is 7.05 Å². The predicted molar refractivity (Wildman–Crippen MR) is 96.2 cm³/mol. The molecule has 0 saturated carbocycles. The van der Waals surface area contributed by atoms with Gasteiger partial charge in [0, 0.05) is 29.7 Å². The number of aryl methyl sites for hydroxylation is 1. The Morgan fingerprint density at radius 2 is 2.07 bits per heavy atom. The molecule has 0 saturated heterocycles. The quantitative estimate of drug-likeness (QED) is 0.383. The van der Waals surface area contributed by atoms with Crippen molar-refractivity contribution in [2.45, 2.75) is 26.4 Å². The summed E-state index contributed by atoms with van der Waals surface area (Å²) >= 11 is 0. The van der Waals surface area contributed by atoms with Gasteiger partial charge >= 0.3 is 11.9 Å². The van der Waals surface area contributed by atoms with Crippen LogP contribution in [0.25, 0.3) is 22.2 Å². The molecule has 1 aromatic carbocycles. The van der Waals surface area contributed by atoms with Crippen molar-refractivity contribution >= 4 is 23.0 Å². The maximum Gasteiger partial charge on any atom is 0.460 e. The second kappa shape index (κ2) is 7.44. The van der Waals surface area contributed by atoms with E-state index in [1.165, 1.54) is 0 Å². The van der Waals surface area contributed by atoms with Gasteiger partial charge in [-0.1, -0.05) is 6.07 Å². The fourth-order valence-electron chi connectivity index (χ4n) is 2.60. The van der Waals surface area contributed by atoms with E-state index in [2.05, 4.69) is 15.5 Å². The lowest BCUT2D eigenvalue weighted by atomic mass is 10.1. The molecular formula is C17H20N6O4. The van der Waals surface area contributed by atoms with Crippen molar-refractivity contribution in [3.05, 3.63) is 41.0 Å². The number of hydrogen-bond acceptors (Lipinski definition) is 7. The van der Waals surface area contributed by atoms with Gasteiger partial charge in [-0.3, -0.25) is 14.8 Å². The van der Waals surface area contributed by atoms with E-state index < -0.39 is 5.97 Å². The summed E-state index contributed by atoms with van der Waals surface area (Å²) in [6, 6.07) is 4.88. The zero-order valence-electron chi connectivity index (χ0n) is 15.2. The normalized spacial score (nSPS) is 11.1. The number of nitrogens with zero attached hydrogens (tertiary/aromatic N) is 5. The number of hydrogen-bond donors (Lipinski definition) is 1. The van der Waals surface area contributed by atoms with Gasteiger partial charge in [-0.05, 0) is 25.5 Å². The molecule has 0 atom stereocenters. The molecule has 0 spiro atoms. The van der Waals surface area contributed by atoms with Crippen molar-refractivity contribution in [1.29, 1.82) is 0 Å². The molecule has 27 heavy (non-hydrogen) atoms. The molecule has 0 aliphatic heterocycles. The third-order valence-corrected chi connectivity index (χ3v) is 3.80. The van der Waals surface area contributed by atoms with Gasteiger partial charge in [-0.25, -0.2) is 4.73 Å². The van der Waals surface area contributed by atoms with E-state index in [9.17, 15) is 15.2 Å². The van der Waals surface area contributed by atoms with Crippen LogP contribution in [0.2, 0.25) is 0 Å². The van der Waals surface area contributed by atoms with Gasteiger partial charge < -0.3 is 15.2 Å². The summed E-state index contributed by atoms with van der Waals surface area (Å²) in [5, 5.41) is 35.3. The summed E-state index contributed by atoms with van der Waals surface area (Å²) in [6.07, 6.45) is 3.32. The molecule has 0 amide bonds. The maximum absolute atomic E-state index is 12.5. The fourth-order valence-corrected chi connectivity index (χ4v) is 2.60. The highest BCUT2D eigenvalue weighted by molar-refractivity contribution is 5.77. The van der Waals surface area contributed by atoms with Crippen molar-refractivity contribution in [1.82, 2.24) is 14.9 Å². The van der Waals surface area contributed by atoms with Gasteiger partial charge in [-0.2, -0.15) is 5.10 Å². The number of benzene rings is 1. The lowest BCUT2D eigenvalue weighted by Crippen LogP contribution is -2.44. The molecule has 2 heterocycles. The third-order valence-electron chi connectivity index (χ3n) is 3.80. The summed E-state index contributed by atoms with van der Waals surface area (Å²) in [5.41, 5.74) is 1.87. The van der Waals surface area contributed by atoms with Crippen LogP contribution >= 0.6 is 0 Å². The first kappa shape index (κ1) is 18.4. The lowest BCUT2D eigenvalue weighted by Gasteiger charge is -2.11. The summed E-state index contributed by atoms with van der Waals surface area (Å²) in [4.78, 5) is 11.9. The first-order valence-corrected chi connectivity index (χ1v) is 8.44. The standard InChI is InChI=1S/C17H20N6O4/c1-11(2)27-16(24)6-7-18-17-20-23(26)15-8-12(4-5-14(15)22(17)25)13-9-19-21(3)10-13/h4-5,8-11H,6-7H2,1-3H3,(H,18,20). The molecule has 0 bridgehead atoms. The minimum Gasteiger partial charge on any atom is -0.739 e. The number of esters is 1. The first-order chi connectivity index (χ1) is 12.8. The average molecular weight is 372 g/mol. The van der Waals surface area contributed by atoms with E-state index in [4.69, 9.17) is 4.74 Å².